The molecule has 0 amide bonds. The van der Waals surface area contributed by atoms with Crippen molar-refractivity contribution in [1.82, 2.24) is 0 Å². The highest BCUT2D eigenvalue weighted by molar-refractivity contribution is 7.81. The van der Waals surface area contributed by atoms with Gasteiger partial charge in [0.25, 0.3) is 0 Å². The largest absolute Gasteiger partial charge is 0.134 e. The second-order valence-electron chi connectivity index (χ2n) is 7.44. The lowest BCUT2D eigenvalue weighted by Crippen LogP contribution is -2.44. The van der Waals surface area contributed by atoms with E-state index >= 15 is 0 Å². The van der Waals surface area contributed by atoms with E-state index in [0.717, 1.165) is 5.62 Å². The Labute approximate surface area is 103 Å². The first-order valence-electron chi connectivity index (χ1n) is 5.75. The van der Waals surface area contributed by atoms with Gasteiger partial charge < -0.3 is 0 Å². The fourth-order valence-electron chi connectivity index (χ4n) is 3.56. The van der Waals surface area contributed by atoms with E-state index in [0.29, 0.717) is 15.5 Å². The first-order chi connectivity index (χ1) is 6.31. The monoisotopic (exact) mass is 251 g/mol. The molecule has 0 aromatic rings. The van der Waals surface area contributed by atoms with Crippen molar-refractivity contribution in [3.63, 3.8) is 0 Å². The van der Waals surface area contributed by atoms with E-state index in [1.165, 1.54) is 0 Å². The zero-order valence-corrected chi connectivity index (χ0v) is 13.7. The minimum atomic E-state index is -1.26. The Hall–Kier alpha value is 0.720. The van der Waals surface area contributed by atoms with Gasteiger partial charge in [0.15, 0.2) is 0 Å². The summed E-state index contributed by atoms with van der Waals surface area (Å²) in [4.78, 5) is 0. The van der Waals surface area contributed by atoms with Gasteiger partial charge in [-0.05, 0) is 62.3 Å². The van der Waals surface area contributed by atoms with Crippen LogP contribution in [0.1, 0.15) is 62.3 Å². The summed E-state index contributed by atoms with van der Waals surface area (Å²) in [5, 5.41) is 0.932. The molecule has 92 valence electrons. The standard InChI is InChI=1S/C13H29ClP/c1-11(2,3)15(10-14,12(4,5)6)13(7,8)9/h10H2,1-9H3/q+1. The van der Waals surface area contributed by atoms with Gasteiger partial charge in [-0.25, -0.2) is 0 Å². The lowest BCUT2D eigenvalue weighted by molar-refractivity contribution is 0.622. The maximum atomic E-state index is 6.43. The van der Waals surface area contributed by atoms with Crippen LogP contribution in [0.5, 0.6) is 0 Å². The molecule has 0 aliphatic rings. The average Bonchev–Trinajstić information content (AvgIpc) is 1.76. The predicted octanol–water partition coefficient (Wildman–Crippen LogP) is 5.60. The van der Waals surface area contributed by atoms with Crippen LogP contribution in [0.3, 0.4) is 0 Å². The molecular weight excluding hydrogens is 223 g/mol. The molecule has 0 aromatic carbocycles. The first kappa shape index (κ1) is 15.7. The molecule has 15 heavy (non-hydrogen) atoms. The SMILES string of the molecule is CC(C)(C)[P+](CCl)(C(C)(C)C)C(C)(C)C. The highest BCUT2D eigenvalue weighted by Gasteiger charge is 2.63. The van der Waals surface area contributed by atoms with Crippen LogP contribution < -0.4 is 0 Å². The summed E-state index contributed by atoms with van der Waals surface area (Å²) in [6.07, 6.45) is 0. The van der Waals surface area contributed by atoms with Crippen molar-refractivity contribution in [2.45, 2.75) is 77.8 Å². The number of rotatable bonds is 1. The summed E-state index contributed by atoms with van der Waals surface area (Å²) >= 11 is 6.43. The third-order valence-corrected chi connectivity index (χ3v) is 11.9. The Morgan fingerprint density at radius 3 is 0.867 bits per heavy atom. The quantitative estimate of drug-likeness (QED) is 0.421. The van der Waals surface area contributed by atoms with Gasteiger partial charge in [0.2, 0.25) is 0 Å². The molecular formula is C13H29ClP+. The maximum Gasteiger partial charge on any atom is 0.134 e. The lowest BCUT2D eigenvalue weighted by Gasteiger charge is -2.53. The molecule has 0 bridgehead atoms. The second-order valence-corrected chi connectivity index (χ2v) is 14.0. The van der Waals surface area contributed by atoms with Gasteiger partial charge in [-0.3, -0.25) is 0 Å². The second kappa shape index (κ2) is 4.19. The topological polar surface area (TPSA) is 0 Å². The average molecular weight is 252 g/mol. The summed E-state index contributed by atoms with van der Waals surface area (Å²) < 4.78 is 0. The van der Waals surface area contributed by atoms with Crippen LogP contribution in [0.25, 0.3) is 0 Å². The molecule has 0 aliphatic carbocycles. The Bertz CT molecular complexity index is 176. The van der Waals surface area contributed by atoms with Crippen LogP contribution in [-0.4, -0.2) is 21.1 Å². The molecule has 0 N–H and O–H groups in total. The molecule has 0 fully saturated rings. The number of hydrogen-bond acceptors (Lipinski definition) is 0. The van der Waals surface area contributed by atoms with Crippen molar-refractivity contribution < 1.29 is 0 Å². The lowest BCUT2D eigenvalue weighted by atomic mass is 10.2. The van der Waals surface area contributed by atoms with E-state index < -0.39 is 7.26 Å². The van der Waals surface area contributed by atoms with Crippen molar-refractivity contribution in [3.8, 4) is 0 Å². The zero-order chi connectivity index (χ0) is 12.7. The zero-order valence-electron chi connectivity index (χ0n) is 12.0. The van der Waals surface area contributed by atoms with Crippen LogP contribution in [-0.2, 0) is 0 Å². The van der Waals surface area contributed by atoms with Crippen molar-refractivity contribution >= 4 is 18.9 Å². The van der Waals surface area contributed by atoms with Crippen LogP contribution in [0.2, 0.25) is 0 Å². The van der Waals surface area contributed by atoms with Gasteiger partial charge in [0.05, 0.1) is 15.5 Å². The maximum absolute atomic E-state index is 6.43. The van der Waals surface area contributed by atoms with Gasteiger partial charge in [0.1, 0.15) is 5.62 Å². The summed E-state index contributed by atoms with van der Waals surface area (Å²) in [6, 6.07) is 0. The smallest absolute Gasteiger partial charge is 0.0820 e. The van der Waals surface area contributed by atoms with Gasteiger partial charge in [-0.2, -0.15) is 0 Å². The molecule has 0 aromatic heterocycles. The molecule has 0 radical (unpaired) electrons. The third-order valence-electron chi connectivity index (χ3n) is 3.61. The summed E-state index contributed by atoms with van der Waals surface area (Å²) in [6.45, 7) is 21.2. The molecule has 0 saturated carbocycles. The van der Waals surface area contributed by atoms with E-state index in [-0.39, 0.29) is 0 Å². The Morgan fingerprint density at radius 2 is 0.867 bits per heavy atom. The molecule has 0 unspecified atom stereocenters. The predicted molar refractivity (Wildman–Crippen MR) is 76.9 cm³/mol. The minimum Gasteiger partial charge on any atom is -0.0820 e. The van der Waals surface area contributed by atoms with Gasteiger partial charge >= 0.3 is 0 Å². The van der Waals surface area contributed by atoms with Crippen LogP contribution in [0, 0.1) is 0 Å². The van der Waals surface area contributed by atoms with Crippen molar-refractivity contribution in [3.05, 3.63) is 0 Å². The number of hydrogen-bond donors (Lipinski definition) is 0. The summed E-state index contributed by atoms with van der Waals surface area (Å²) in [5.41, 5.74) is 0.823. The van der Waals surface area contributed by atoms with Gasteiger partial charge in [0, 0.05) is 7.26 Å². The molecule has 0 saturated heterocycles. The van der Waals surface area contributed by atoms with Crippen LogP contribution in [0.4, 0.5) is 0 Å². The third kappa shape index (κ3) is 2.52. The van der Waals surface area contributed by atoms with E-state index in [9.17, 15) is 0 Å². The number of halogens is 1. The highest BCUT2D eigenvalue weighted by Crippen LogP contribution is 2.83. The number of alkyl halides is 1. The Kier molecular flexibility index (Phi) is 4.39. The Balaban J connectivity index is 5.78. The van der Waals surface area contributed by atoms with Crippen molar-refractivity contribution in [2.24, 2.45) is 0 Å². The molecule has 0 atom stereocenters. The van der Waals surface area contributed by atoms with E-state index in [1.54, 1.807) is 0 Å². The van der Waals surface area contributed by atoms with E-state index in [4.69, 9.17) is 11.6 Å². The highest BCUT2D eigenvalue weighted by atomic mass is 35.5. The fourth-order valence-corrected chi connectivity index (χ4v) is 13.9. The minimum absolute atomic E-state index is 0.311. The van der Waals surface area contributed by atoms with Gasteiger partial charge in [-0.1, -0.05) is 11.6 Å². The first-order valence-corrected chi connectivity index (χ1v) is 8.26. The molecule has 0 aliphatic heterocycles. The summed E-state index contributed by atoms with van der Waals surface area (Å²) in [7, 11) is -1.26. The molecule has 0 rings (SSSR count). The Morgan fingerprint density at radius 1 is 0.667 bits per heavy atom. The van der Waals surface area contributed by atoms with Crippen LogP contribution in [0.15, 0.2) is 0 Å². The van der Waals surface area contributed by atoms with Crippen molar-refractivity contribution in [2.75, 3.05) is 5.62 Å². The van der Waals surface area contributed by atoms with Crippen molar-refractivity contribution in [1.29, 1.82) is 0 Å². The summed E-state index contributed by atoms with van der Waals surface area (Å²) in [5.74, 6) is 0. The fraction of sp³-hybridized carbons (Fsp3) is 1.00. The molecule has 0 nitrogen and oxygen atoms in total. The van der Waals surface area contributed by atoms with E-state index in [1.807, 2.05) is 0 Å². The molecule has 0 spiro atoms. The van der Waals surface area contributed by atoms with Crippen LogP contribution >= 0.6 is 18.9 Å². The molecule has 2 heteroatoms. The van der Waals surface area contributed by atoms with Gasteiger partial charge in [-0.15, -0.1) is 0 Å². The normalized spacial score (nSPS) is 15.6. The van der Waals surface area contributed by atoms with E-state index in [2.05, 4.69) is 62.3 Å². The molecule has 0 heterocycles.